The number of carbonyl (C=O) groups excluding carboxylic acids is 1. The van der Waals surface area contributed by atoms with Gasteiger partial charge >= 0.3 is 0 Å². The first kappa shape index (κ1) is 21.7. The first-order chi connectivity index (χ1) is 12.3. The predicted molar refractivity (Wildman–Crippen MR) is 109 cm³/mol. The minimum atomic E-state index is -0.175. The first-order valence-electron chi connectivity index (χ1n) is 9.15. The van der Waals surface area contributed by atoms with Crippen LogP contribution in [-0.4, -0.2) is 33.8 Å². The van der Waals surface area contributed by atoms with Gasteiger partial charge in [0, 0.05) is 13.1 Å². The SMILES string of the molecule is Cl.Cl.O=C(NCc1ccc(Cn2cncn2)cc1)[C@@]12CCCC[C@H]1CNC2. The molecule has 148 valence electrons. The monoisotopic (exact) mass is 411 g/mol. The van der Waals surface area contributed by atoms with E-state index in [0.717, 1.165) is 25.1 Å². The summed E-state index contributed by atoms with van der Waals surface area (Å²) in [4.78, 5) is 16.8. The first-order valence-corrected chi connectivity index (χ1v) is 9.15. The van der Waals surface area contributed by atoms with Crippen molar-refractivity contribution in [3.05, 3.63) is 48.0 Å². The second-order valence-electron chi connectivity index (χ2n) is 7.32. The van der Waals surface area contributed by atoms with Crippen molar-refractivity contribution in [3.63, 3.8) is 0 Å². The minimum absolute atomic E-state index is 0. The summed E-state index contributed by atoms with van der Waals surface area (Å²) >= 11 is 0. The Balaban J connectivity index is 0.00000131. The Morgan fingerprint density at radius 3 is 2.74 bits per heavy atom. The lowest BCUT2D eigenvalue weighted by Crippen LogP contribution is -2.47. The van der Waals surface area contributed by atoms with E-state index in [9.17, 15) is 4.79 Å². The van der Waals surface area contributed by atoms with Crippen LogP contribution in [-0.2, 0) is 17.9 Å². The van der Waals surface area contributed by atoms with Crippen LogP contribution in [0, 0.1) is 11.3 Å². The molecule has 0 unspecified atom stereocenters. The van der Waals surface area contributed by atoms with Crippen molar-refractivity contribution in [2.24, 2.45) is 11.3 Å². The van der Waals surface area contributed by atoms with E-state index >= 15 is 0 Å². The third-order valence-electron chi connectivity index (χ3n) is 5.78. The van der Waals surface area contributed by atoms with Crippen molar-refractivity contribution < 1.29 is 4.79 Å². The van der Waals surface area contributed by atoms with E-state index < -0.39 is 0 Å². The van der Waals surface area contributed by atoms with Crippen molar-refractivity contribution in [2.75, 3.05) is 13.1 Å². The zero-order chi connectivity index (χ0) is 17.1. The molecule has 0 bridgehead atoms. The van der Waals surface area contributed by atoms with E-state index in [4.69, 9.17) is 0 Å². The summed E-state index contributed by atoms with van der Waals surface area (Å²) < 4.78 is 1.80. The Bertz CT molecular complexity index is 722. The number of nitrogens with zero attached hydrogens (tertiary/aromatic N) is 3. The molecule has 1 aliphatic heterocycles. The van der Waals surface area contributed by atoms with Gasteiger partial charge in [0.1, 0.15) is 12.7 Å². The van der Waals surface area contributed by atoms with E-state index in [-0.39, 0.29) is 36.1 Å². The topological polar surface area (TPSA) is 71.8 Å². The fraction of sp³-hybridized carbons (Fsp3) is 0.526. The average Bonchev–Trinajstić information content (AvgIpc) is 3.30. The lowest BCUT2D eigenvalue weighted by Gasteiger charge is -2.37. The number of halogens is 2. The largest absolute Gasteiger partial charge is 0.351 e. The molecule has 2 aliphatic rings. The number of amides is 1. The van der Waals surface area contributed by atoms with Gasteiger partial charge < -0.3 is 10.6 Å². The molecular formula is C19H27Cl2N5O. The van der Waals surface area contributed by atoms with Crippen LogP contribution in [0.3, 0.4) is 0 Å². The second kappa shape index (κ2) is 9.53. The molecule has 2 atom stereocenters. The highest BCUT2D eigenvalue weighted by Crippen LogP contribution is 2.43. The van der Waals surface area contributed by atoms with Gasteiger partial charge in [-0.25, -0.2) is 9.67 Å². The molecular weight excluding hydrogens is 385 g/mol. The zero-order valence-corrected chi connectivity index (χ0v) is 16.9. The van der Waals surface area contributed by atoms with Crippen LogP contribution in [0.1, 0.15) is 36.8 Å². The molecule has 1 aliphatic carbocycles. The number of carbonyl (C=O) groups is 1. The highest BCUT2D eigenvalue weighted by atomic mass is 35.5. The summed E-state index contributed by atoms with van der Waals surface area (Å²) in [6, 6.07) is 8.33. The van der Waals surface area contributed by atoms with Gasteiger partial charge in [0.05, 0.1) is 12.0 Å². The van der Waals surface area contributed by atoms with Crippen LogP contribution in [0.4, 0.5) is 0 Å². The molecule has 1 saturated carbocycles. The summed E-state index contributed by atoms with van der Waals surface area (Å²) in [6.07, 6.45) is 7.88. The van der Waals surface area contributed by atoms with Crippen molar-refractivity contribution in [3.8, 4) is 0 Å². The van der Waals surface area contributed by atoms with Gasteiger partial charge in [0.25, 0.3) is 0 Å². The molecule has 2 heterocycles. The molecule has 1 amide bonds. The third-order valence-corrected chi connectivity index (χ3v) is 5.78. The van der Waals surface area contributed by atoms with Crippen LogP contribution in [0.15, 0.2) is 36.9 Å². The van der Waals surface area contributed by atoms with E-state index in [1.165, 1.54) is 24.8 Å². The number of nitrogens with one attached hydrogen (secondary N) is 2. The number of fused-ring (bicyclic) bond motifs is 1. The number of aromatic nitrogens is 3. The maximum Gasteiger partial charge on any atom is 0.228 e. The van der Waals surface area contributed by atoms with Gasteiger partial charge in [-0.15, -0.1) is 24.8 Å². The summed E-state index contributed by atoms with van der Waals surface area (Å²) in [6.45, 7) is 3.13. The molecule has 0 spiro atoms. The van der Waals surface area contributed by atoms with Gasteiger partial charge in [0.2, 0.25) is 5.91 Å². The molecule has 2 aromatic rings. The van der Waals surface area contributed by atoms with E-state index in [0.29, 0.717) is 19.0 Å². The highest BCUT2D eigenvalue weighted by Gasteiger charge is 2.49. The lowest BCUT2D eigenvalue weighted by atomic mass is 9.67. The van der Waals surface area contributed by atoms with Gasteiger partial charge in [-0.3, -0.25) is 4.79 Å². The predicted octanol–water partition coefficient (Wildman–Crippen LogP) is 2.57. The number of benzene rings is 1. The molecule has 6 nitrogen and oxygen atoms in total. The number of hydrogen-bond acceptors (Lipinski definition) is 4. The molecule has 1 aromatic carbocycles. The molecule has 2 N–H and O–H groups in total. The van der Waals surface area contributed by atoms with Crippen LogP contribution < -0.4 is 10.6 Å². The molecule has 1 saturated heterocycles. The fourth-order valence-electron chi connectivity index (χ4n) is 4.31. The smallest absolute Gasteiger partial charge is 0.228 e. The summed E-state index contributed by atoms with van der Waals surface area (Å²) in [5.41, 5.74) is 2.13. The summed E-state index contributed by atoms with van der Waals surface area (Å²) in [5.74, 6) is 0.736. The summed E-state index contributed by atoms with van der Waals surface area (Å²) in [5, 5.41) is 10.7. The molecule has 0 radical (unpaired) electrons. The maximum atomic E-state index is 12.9. The van der Waals surface area contributed by atoms with Crippen molar-refractivity contribution in [1.82, 2.24) is 25.4 Å². The van der Waals surface area contributed by atoms with Crippen LogP contribution >= 0.6 is 24.8 Å². The number of hydrogen-bond donors (Lipinski definition) is 2. The van der Waals surface area contributed by atoms with Crippen molar-refractivity contribution in [2.45, 2.75) is 38.8 Å². The van der Waals surface area contributed by atoms with Crippen LogP contribution in [0.25, 0.3) is 0 Å². The van der Waals surface area contributed by atoms with E-state index in [1.807, 2.05) is 0 Å². The Hall–Kier alpha value is -1.63. The van der Waals surface area contributed by atoms with Crippen LogP contribution in [0.5, 0.6) is 0 Å². The maximum absolute atomic E-state index is 12.9. The lowest BCUT2D eigenvalue weighted by molar-refractivity contribution is -0.134. The van der Waals surface area contributed by atoms with Crippen LogP contribution in [0.2, 0.25) is 0 Å². The quantitative estimate of drug-likeness (QED) is 0.792. The Kier molecular flexibility index (Phi) is 7.65. The molecule has 4 rings (SSSR count). The minimum Gasteiger partial charge on any atom is -0.351 e. The normalized spacial score (nSPS) is 23.6. The second-order valence-corrected chi connectivity index (χ2v) is 7.32. The zero-order valence-electron chi connectivity index (χ0n) is 15.3. The van der Waals surface area contributed by atoms with E-state index in [1.54, 1.807) is 17.3 Å². The Labute approximate surface area is 172 Å². The van der Waals surface area contributed by atoms with E-state index in [2.05, 4.69) is 45.0 Å². The van der Waals surface area contributed by atoms with Crippen molar-refractivity contribution >= 4 is 30.7 Å². The van der Waals surface area contributed by atoms with Gasteiger partial charge in [0.15, 0.2) is 0 Å². The summed E-state index contributed by atoms with van der Waals surface area (Å²) in [7, 11) is 0. The van der Waals surface area contributed by atoms with Gasteiger partial charge in [-0.1, -0.05) is 37.1 Å². The van der Waals surface area contributed by atoms with Crippen molar-refractivity contribution in [1.29, 1.82) is 0 Å². The number of rotatable bonds is 5. The molecule has 2 fully saturated rings. The third kappa shape index (κ3) is 4.62. The Morgan fingerprint density at radius 2 is 2.00 bits per heavy atom. The molecule has 1 aromatic heterocycles. The molecule has 8 heteroatoms. The van der Waals surface area contributed by atoms with Gasteiger partial charge in [-0.2, -0.15) is 5.10 Å². The average molecular weight is 412 g/mol. The standard InChI is InChI=1S/C19H25N5O.2ClH/c25-18(19-8-2-1-3-17(19)10-20-12-19)22-9-15-4-6-16(7-5-15)11-24-14-21-13-23-24;;/h4-7,13-14,17,20H,1-3,8-12H2,(H,22,25);2*1H/t17-,19+;;/m0../s1. The highest BCUT2D eigenvalue weighted by molar-refractivity contribution is 5.85. The van der Waals surface area contributed by atoms with Gasteiger partial charge in [-0.05, 0) is 36.4 Å². The molecule has 27 heavy (non-hydrogen) atoms. The Morgan fingerprint density at radius 1 is 1.22 bits per heavy atom. The fourth-order valence-corrected chi connectivity index (χ4v) is 4.31.